The van der Waals surface area contributed by atoms with E-state index >= 15 is 0 Å². The second kappa shape index (κ2) is 4.10. The van der Waals surface area contributed by atoms with Crippen molar-refractivity contribution in [1.29, 1.82) is 0 Å². The summed E-state index contributed by atoms with van der Waals surface area (Å²) in [5, 5.41) is 3.03. The van der Waals surface area contributed by atoms with Crippen LogP contribution in [0.5, 0.6) is 0 Å². The maximum absolute atomic E-state index is 4.97. The van der Waals surface area contributed by atoms with Crippen LogP contribution in [0.4, 0.5) is 0 Å². The fraction of sp³-hybridized carbons (Fsp3) is 0.571. The maximum Gasteiger partial charge on any atom is 0.124 e. The first-order valence-electron chi connectivity index (χ1n) is 3.52. The van der Waals surface area contributed by atoms with Crippen LogP contribution in [-0.2, 0) is 18.0 Å². The zero-order chi connectivity index (χ0) is 8.10. The highest BCUT2D eigenvalue weighted by Gasteiger charge is 1.98. The zero-order valence-corrected chi connectivity index (χ0v) is 6.87. The second-order valence-electron chi connectivity index (χ2n) is 2.26. The third kappa shape index (κ3) is 2.03. The zero-order valence-electron chi connectivity index (χ0n) is 6.87. The normalized spacial score (nSPS) is 10.4. The summed E-state index contributed by atoms with van der Waals surface area (Å²) in [4.78, 5) is 4.14. The summed E-state index contributed by atoms with van der Waals surface area (Å²) in [6, 6.07) is 0. The third-order valence-electron chi connectivity index (χ3n) is 1.40. The van der Waals surface area contributed by atoms with Crippen LogP contribution in [0.15, 0.2) is 12.4 Å². The molecule has 4 nitrogen and oxygen atoms in total. The molecule has 4 heteroatoms. The highest BCUT2D eigenvalue weighted by Crippen LogP contribution is 1.96. The van der Waals surface area contributed by atoms with Crippen LogP contribution in [0.1, 0.15) is 5.82 Å². The van der Waals surface area contributed by atoms with Gasteiger partial charge >= 0.3 is 0 Å². The van der Waals surface area contributed by atoms with Crippen LogP contribution in [0.25, 0.3) is 0 Å². The predicted molar refractivity (Wildman–Crippen MR) is 42.0 cm³/mol. The SMILES string of the molecule is CNCc1nccn1COC. The Morgan fingerprint density at radius 2 is 2.55 bits per heavy atom. The molecule has 11 heavy (non-hydrogen) atoms. The van der Waals surface area contributed by atoms with Crippen molar-refractivity contribution in [2.45, 2.75) is 13.3 Å². The van der Waals surface area contributed by atoms with Crippen molar-refractivity contribution in [3.05, 3.63) is 18.2 Å². The Morgan fingerprint density at radius 3 is 3.18 bits per heavy atom. The van der Waals surface area contributed by atoms with Gasteiger partial charge in [0.05, 0.1) is 6.54 Å². The molecule has 1 aromatic rings. The number of nitrogens with zero attached hydrogens (tertiary/aromatic N) is 2. The number of hydrogen-bond acceptors (Lipinski definition) is 3. The summed E-state index contributed by atoms with van der Waals surface area (Å²) in [6.45, 7) is 1.34. The van der Waals surface area contributed by atoms with E-state index in [1.165, 1.54) is 0 Å². The van der Waals surface area contributed by atoms with Crippen molar-refractivity contribution in [1.82, 2.24) is 14.9 Å². The van der Waals surface area contributed by atoms with Gasteiger partial charge in [-0.25, -0.2) is 4.98 Å². The lowest BCUT2D eigenvalue weighted by molar-refractivity contribution is 0.128. The number of methoxy groups -OCH3 is 1. The van der Waals surface area contributed by atoms with Gasteiger partial charge in [-0.15, -0.1) is 0 Å². The molecule has 0 aromatic carbocycles. The minimum atomic E-state index is 0.566. The Hall–Kier alpha value is -0.870. The molecule has 0 unspecified atom stereocenters. The molecule has 0 spiro atoms. The van der Waals surface area contributed by atoms with Gasteiger partial charge in [-0.2, -0.15) is 0 Å². The third-order valence-corrected chi connectivity index (χ3v) is 1.40. The Morgan fingerprint density at radius 1 is 1.73 bits per heavy atom. The molecular weight excluding hydrogens is 142 g/mol. The Balaban J connectivity index is 2.62. The number of aromatic nitrogens is 2. The van der Waals surface area contributed by atoms with Gasteiger partial charge in [-0.1, -0.05) is 0 Å². The average molecular weight is 155 g/mol. The molecule has 0 bridgehead atoms. The number of nitrogens with one attached hydrogen (secondary N) is 1. The fourth-order valence-corrected chi connectivity index (χ4v) is 0.922. The first kappa shape index (κ1) is 8.23. The topological polar surface area (TPSA) is 39.1 Å². The molecule has 0 atom stereocenters. The van der Waals surface area contributed by atoms with Gasteiger partial charge in [0, 0.05) is 19.5 Å². The summed E-state index contributed by atoms with van der Waals surface area (Å²) in [5.74, 6) is 0.995. The van der Waals surface area contributed by atoms with Crippen molar-refractivity contribution < 1.29 is 4.74 Å². The molecule has 0 saturated heterocycles. The van der Waals surface area contributed by atoms with Gasteiger partial charge in [0.1, 0.15) is 12.6 Å². The lowest BCUT2D eigenvalue weighted by Crippen LogP contribution is -2.12. The van der Waals surface area contributed by atoms with Gasteiger partial charge in [0.15, 0.2) is 0 Å². The summed E-state index contributed by atoms with van der Waals surface area (Å²) in [6.07, 6.45) is 3.67. The lowest BCUT2D eigenvalue weighted by atomic mass is 10.6. The van der Waals surface area contributed by atoms with Crippen LogP contribution in [0.2, 0.25) is 0 Å². The van der Waals surface area contributed by atoms with Crippen LogP contribution < -0.4 is 5.32 Å². The number of ether oxygens (including phenoxy) is 1. The first-order valence-corrected chi connectivity index (χ1v) is 3.52. The average Bonchev–Trinajstić information content (AvgIpc) is 2.39. The van der Waals surface area contributed by atoms with Gasteiger partial charge in [-0.05, 0) is 7.05 Å². The molecule has 62 valence electrons. The van der Waals surface area contributed by atoms with Crippen LogP contribution in [-0.4, -0.2) is 23.7 Å². The summed E-state index contributed by atoms with van der Waals surface area (Å²) in [5.41, 5.74) is 0. The van der Waals surface area contributed by atoms with E-state index in [1.54, 1.807) is 13.3 Å². The predicted octanol–water partition coefficient (Wildman–Crippen LogP) is 0.206. The van der Waals surface area contributed by atoms with E-state index in [9.17, 15) is 0 Å². The van der Waals surface area contributed by atoms with E-state index in [4.69, 9.17) is 4.74 Å². The molecule has 1 N–H and O–H groups in total. The molecule has 0 aliphatic rings. The van der Waals surface area contributed by atoms with Crippen LogP contribution >= 0.6 is 0 Å². The Bertz CT molecular complexity index is 189. The van der Waals surface area contributed by atoms with E-state index < -0.39 is 0 Å². The molecule has 1 aromatic heterocycles. The monoisotopic (exact) mass is 155 g/mol. The largest absolute Gasteiger partial charge is 0.364 e. The van der Waals surface area contributed by atoms with Crippen molar-refractivity contribution in [3.63, 3.8) is 0 Å². The van der Waals surface area contributed by atoms with Gasteiger partial charge in [-0.3, -0.25) is 0 Å². The smallest absolute Gasteiger partial charge is 0.124 e. The maximum atomic E-state index is 4.97. The van der Waals surface area contributed by atoms with Gasteiger partial charge in [0.25, 0.3) is 0 Å². The molecule has 0 aliphatic heterocycles. The van der Waals surface area contributed by atoms with E-state index in [0.717, 1.165) is 12.4 Å². The number of imidazole rings is 1. The second-order valence-corrected chi connectivity index (χ2v) is 2.26. The molecule has 1 rings (SSSR count). The van der Waals surface area contributed by atoms with Crippen molar-refractivity contribution >= 4 is 0 Å². The minimum Gasteiger partial charge on any atom is -0.364 e. The Labute approximate surface area is 66.2 Å². The molecule has 0 amide bonds. The van der Waals surface area contributed by atoms with Crippen molar-refractivity contribution in [2.75, 3.05) is 14.2 Å². The molecule has 0 fully saturated rings. The first-order chi connectivity index (χ1) is 5.38. The van der Waals surface area contributed by atoms with E-state index in [0.29, 0.717) is 6.73 Å². The molecule has 0 aliphatic carbocycles. The van der Waals surface area contributed by atoms with Gasteiger partial charge in [0.2, 0.25) is 0 Å². The number of rotatable bonds is 4. The molecule has 0 saturated carbocycles. The van der Waals surface area contributed by atoms with Crippen LogP contribution in [0.3, 0.4) is 0 Å². The lowest BCUT2D eigenvalue weighted by Gasteiger charge is -2.04. The van der Waals surface area contributed by atoms with Crippen molar-refractivity contribution in [3.8, 4) is 0 Å². The molecule has 1 heterocycles. The van der Waals surface area contributed by atoms with Gasteiger partial charge < -0.3 is 14.6 Å². The summed E-state index contributed by atoms with van der Waals surface area (Å²) in [7, 11) is 3.56. The fourth-order valence-electron chi connectivity index (χ4n) is 0.922. The summed E-state index contributed by atoms with van der Waals surface area (Å²) >= 11 is 0. The van der Waals surface area contributed by atoms with E-state index in [1.807, 2.05) is 17.8 Å². The van der Waals surface area contributed by atoms with E-state index in [2.05, 4.69) is 10.3 Å². The highest BCUT2D eigenvalue weighted by molar-refractivity contribution is 4.90. The standard InChI is InChI=1S/C7H13N3O/c1-8-5-7-9-3-4-10(7)6-11-2/h3-4,8H,5-6H2,1-2H3. The minimum absolute atomic E-state index is 0.566. The quantitative estimate of drug-likeness (QED) is 0.675. The highest BCUT2D eigenvalue weighted by atomic mass is 16.5. The van der Waals surface area contributed by atoms with Crippen LogP contribution in [0, 0.1) is 0 Å². The summed E-state index contributed by atoms with van der Waals surface area (Å²) < 4.78 is 6.92. The molecule has 0 radical (unpaired) electrons. The Kier molecular flexibility index (Phi) is 3.07. The van der Waals surface area contributed by atoms with E-state index in [-0.39, 0.29) is 0 Å². The number of hydrogen-bond donors (Lipinski definition) is 1. The molecular formula is C7H13N3O. The van der Waals surface area contributed by atoms with Crippen molar-refractivity contribution in [2.24, 2.45) is 0 Å².